The van der Waals surface area contributed by atoms with Crippen molar-refractivity contribution in [3.63, 3.8) is 0 Å². The number of nitrogens with zero attached hydrogens (tertiary/aromatic N) is 2. The molecular formula is C18H18N3O+. The van der Waals surface area contributed by atoms with Gasteiger partial charge in [-0.05, 0) is 13.8 Å². The maximum Gasteiger partial charge on any atom is 0.350 e. The van der Waals surface area contributed by atoms with Crippen LogP contribution in [0.1, 0.15) is 24.0 Å². The smallest absolute Gasteiger partial charge is 0.264 e. The minimum absolute atomic E-state index is 0.0457. The predicted molar refractivity (Wildman–Crippen MR) is 87.1 cm³/mol. The first-order valence-electron chi connectivity index (χ1n) is 7.25. The van der Waals surface area contributed by atoms with E-state index in [1.165, 1.54) is 0 Å². The average Bonchev–Trinajstić information content (AvgIpc) is 2.76. The summed E-state index contributed by atoms with van der Waals surface area (Å²) >= 11 is 0. The van der Waals surface area contributed by atoms with Crippen LogP contribution in [0.25, 0.3) is 0 Å². The minimum Gasteiger partial charge on any atom is -0.264 e. The lowest BCUT2D eigenvalue weighted by atomic mass is 10.0. The van der Waals surface area contributed by atoms with Crippen molar-refractivity contribution in [2.75, 3.05) is 6.54 Å². The number of carbonyl (C=O) groups is 1. The summed E-state index contributed by atoms with van der Waals surface area (Å²) in [6.45, 7) is 4.20. The fraction of sp³-hybridized carbons (Fsp3) is 0.222. The van der Waals surface area contributed by atoms with E-state index in [0.717, 1.165) is 22.5 Å². The highest BCUT2D eigenvalue weighted by atomic mass is 16.2. The van der Waals surface area contributed by atoms with Gasteiger partial charge < -0.3 is 0 Å². The first-order valence-corrected chi connectivity index (χ1v) is 7.25. The van der Waals surface area contributed by atoms with E-state index in [0.29, 0.717) is 6.54 Å². The zero-order chi connectivity index (χ0) is 15.7. The summed E-state index contributed by atoms with van der Waals surface area (Å²) in [6, 6.07) is 9.78. The second-order valence-corrected chi connectivity index (χ2v) is 5.49. The molecule has 4 nitrogen and oxygen atoms in total. The number of para-hydroxylation sites is 1. The molecule has 0 spiro atoms. The van der Waals surface area contributed by atoms with Gasteiger partial charge in [0, 0.05) is 35.7 Å². The molecule has 0 aliphatic carbocycles. The second-order valence-electron chi connectivity index (χ2n) is 5.49. The molecule has 3 rings (SSSR count). The maximum atomic E-state index is 13.2. The molecule has 1 aliphatic heterocycles. The van der Waals surface area contributed by atoms with Crippen molar-refractivity contribution in [3.05, 3.63) is 53.9 Å². The van der Waals surface area contributed by atoms with E-state index >= 15 is 0 Å². The molecule has 0 saturated heterocycles. The third-order valence-corrected chi connectivity index (χ3v) is 4.24. The summed E-state index contributed by atoms with van der Waals surface area (Å²) in [7, 11) is 0. The molecule has 1 aromatic carbocycles. The van der Waals surface area contributed by atoms with Gasteiger partial charge in [0.15, 0.2) is 11.4 Å². The van der Waals surface area contributed by atoms with Crippen LogP contribution in [0.2, 0.25) is 0 Å². The van der Waals surface area contributed by atoms with Crippen molar-refractivity contribution in [2.24, 2.45) is 0 Å². The van der Waals surface area contributed by atoms with E-state index in [4.69, 9.17) is 6.42 Å². The molecular weight excluding hydrogens is 274 g/mol. The number of benzene rings is 1. The van der Waals surface area contributed by atoms with Crippen LogP contribution in [-0.4, -0.2) is 17.4 Å². The lowest BCUT2D eigenvalue weighted by molar-refractivity contribution is -0.129. The molecule has 1 N–H and O–H groups in total. The summed E-state index contributed by atoms with van der Waals surface area (Å²) in [4.78, 5) is 17.3. The first kappa shape index (κ1) is 14.5. The number of rotatable bonds is 3. The highest BCUT2D eigenvalue weighted by Crippen LogP contribution is 2.47. The van der Waals surface area contributed by atoms with Crippen molar-refractivity contribution < 1.29 is 4.79 Å². The van der Waals surface area contributed by atoms with E-state index in [9.17, 15) is 4.79 Å². The highest BCUT2D eigenvalue weighted by Gasteiger charge is 2.54. The van der Waals surface area contributed by atoms with E-state index in [2.05, 4.69) is 16.3 Å². The SMILES string of the molecule is C#CCN[N+]1(c2ccncc2C)C(=O)C(C)c2ccccc21. The van der Waals surface area contributed by atoms with E-state index in [-0.39, 0.29) is 16.4 Å². The van der Waals surface area contributed by atoms with E-state index in [1.807, 2.05) is 44.2 Å². The van der Waals surface area contributed by atoms with Crippen LogP contribution in [0, 0.1) is 19.3 Å². The van der Waals surface area contributed by atoms with Gasteiger partial charge in [-0.3, -0.25) is 4.98 Å². The largest absolute Gasteiger partial charge is 0.350 e. The van der Waals surface area contributed by atoms with Crippen LogP contribution >= 0.6 is 0 Å². The van der Waals surface area contributed by atoms with E-state index < -0.39 is 0 Å². The highest BCUT2D eigenvalue weighted by molar-refractivity contribution is 6.04. The molecule has 1 aromatic heterocycles. The Hall–Kier alpha value is -2.48. The normalized spacial score (nSPS) is 23.1. The van der Waals surface area contributed by atoms with Gasteiger partial charge in [0.05, 0.1) is 0 Å². The Morgan fingerprint density at radius 3 is 2.82 bits per heavy atom. The number of nitrogens with one attached hydrogen (secondary N) is 1. The Balaban J connectivity index is 2.31. The van der Waals surface area contributed by atoms with Crippen LogP contribution in [0.15, 0.2) is 42.7 Å². The number of aryl methyl sites for hydroxylation is 1. The predicted octanol–water partition coefficient (Wildman–Crippen LogP) is 2.81. The summed E-state index contributed by atoms with van der Waals surface area (Å²) in [5, 5.41) is 0. The summed E-state index contributed by atoms with van der Waals surface area (Å²) in [6.07, 6.45) is 8.91. The maximum absolute atomic E-state index is 13.2. The molecule has 2 aromatic rings. The topological polar surface area (TPSA) is 42.0 Å². The fourth-order valence-corrected chi connectivity index (χ4v) is 3.20. The van der Waals surface area contributed by atoms with Gasteiger partial charge in [-0.15, -0.1) is 16.4 Å². The van der Waals surface area contributed by atoms with Crippen molar-refractivity contribution in [3.8, 4) is 12.3 Å². The minimum atomic E-state index is -0.186. The Bertz CT molecular complexity index is 778. The van der Waals surface area contributed by atoms with Crippen LogP contribution < -0.4 is 10.0 Å². The Morgan fingerprint density at radius 2 is 2.09 bits per heavy atom. The fourth-order valence-electron chi connectivity index (χ4n) is 3.20. The van der Waals surface area contributed by atoms with Crippen LogP contribution in [0.5, 0.6) is 0 Å². The molecule has 4 heteroatoms. The number of hydrogen-bond donors (Lipinski definition) is 1. The molecule has 110 valence electrons. The van der Waals surface area contributed by atoms with Gasteiger partial charge in [-0.1, -0.05) is 24.1 Å². The van der Waals surface area contributed by atoms with Gasteiger partial charge in [0.2, 0.25) is 0 Å². The number of terminal acetylenes is 1. The molecule has 2 atom stereocenters. The van der Waals surface area contributed by atoms with Crippen LogP contribution in [-0.2, 0) is 4.79 Å². The zero-order valence-corrected chi connectivity index (χ0v) is 12.7. The van der Waals surface area contributed by atoms with Crippen molar-refractivity contribution in [2.45, 2.75) is 19.8 Å². The number of carbonyl (C=O) groups excluding carboxylic acids is 1. The van der Waals surface area contributed by atoms with Gasteiger partial charge in [0.25, 0.3) is 0 Å². The molecule has 1 aliphatic rings. The number of amides is 1. The van der Waals surface area contributed by atoms with Crippen molar-refractivity contribution in [1.29, 1.82) is 0 Å². The third-order valence-electron chi connectivity index (χ3n) is 4.24. The Kier molecular flexibility index (Phi) is 3.53. The Morgan fingerprint density at radius 1 is 1.32 bits per heavy atom. The van der Waals surface area contributed by atoms with Crippen LogP contribution in [0.3, 0.4) is 0 Å². The zero-order valence-electron chi connectivity index (χ0n) is 12.7. The molecule has 0 fully saturated rings. The van der Waals surface area contributed by atoms with Gasteiger partial charge >= 0.3 is 5.91 Å². The van der Waals surface area contributed by atoms with Crippen molar-refractivity contribution >= 4 is 17.3 Å². The number of aromatic nitrogens is 1. The Labute approximate surface area is 130 Å². The third kappa shape index (κ3) is 1.87. The summed E-state index contributed by atoms with van der Waals surface area (Å²) in [5.41, 5.74) is 7.05. The number of quaternary nitrogens is 1. The molecule has 0 radical (unpaired) electrons. The number of fused-ring (bicyclic) bond motifs is 1. The molecule has 2 unspecified atom stereocenters. The van der Waals surface area contributed by atoms with Crippen molar-refractivity contribution in [1.82, 2.24) is 15.0 Å². The lowest BCUT2D eigenvalue weighted by Crippen LogP contribution is -2.58. The first-order chi connectivity index (χ1) is 10.6. The summed E-state index contributed by atoms with van der Waals surface area (Å²) in [5.74, 6) is 2.47. The van der Waals surface area contributed by atoms with Gasteiger partial charge in [0.1, 0.15) is 12.5 Å². The molecule has 1 amide bonds. The lowest BCUT2D eigenvalue weighted by Gasteiger charge is -2.31. The van der Waals surface area contributed by atoms with Crippen LogP contribution in [0.4, 0.5) is 11.4 Å². The monoisotopic (exact) mass is 292 g/mol. The summed E-state index contributed by atoms with van der Waals surface area (Å²) < 4.78 is -0.0457. The average molecular weight is 292 g/mol. The molecule has 2 heterocycles. The van der Waals surface area contributed by atoms with Gasteiger partial charge in [-0.25, -0.2) is 4.79 Å². The van der Waals surface area contributed by atoms with Gasteiger partial charge in [-0.2, -0.15) is 0 Å². The number of pyridine rings is 1. The number of hydrogen-bond acceptors (Lipinski definition) is 3. The quantitative estimate of drug-likeness (QED) is 0.698. The molecule has 0 saturated carbocycles. The molecule has 22 heavy (non-hydrogen) atoms. The second kappa shape index (κ2) is 5.38. The molecule has 0 bridgehead atoms. The standard InChI is InChI=1S/C18H18N3O/c1-4-10-20-21(16-9-11-19-12-13(16)2)17-8-6-5-7-15(17)14(3)18(21)22/h1,5-9,11-12,14,20H,10H2,2-3H3/q+1. The van der Waals surface area contributed by atoms with E-state index in [1.54, 1.807) is 12.4 Å².